The second kappa shape index (κ2) is 5.17. The van der Waals surface area contributed by atoms with E-state index < -0.39 is 0 Å². The van der Waals surface area contributed by atoms with Gasteiger partial charge in [0.25, 0.3) is 0 Å². The zero-order valence-corrected chi connectivity index (χ0v) is 11.3. The molecular formula is C13H18BrNO. The minimum Gasteiger partial charge on any atom is -0.477 e. The van der Waals surface area contributed by atoms with Gasteiger partial charge in [0.15, 0.2) is 0 Å². The fraction of sp³-hybridized carbons (Fsp3) is 0.615. The third-order valence-corrected chi connectivity index (χ3v) is 3.71. The minimum atomic E-state index is 0.477. The molecule has 0 bridgehead atoms. The second-order valence-electron chi connectivity index (χ2n) is 4.71. The van der Waals surface area contributed by atoms with Crippen LogP contribution < -0.4 is 4.74 Å². The standard InChI is InChI=1S/C13H18BrNO/c1-2-3-6-13(7-8-13)10-16-12-5-4-11(14)9-15-12/h4-5,9H,2-3,6-8,10H2,1H3. The van der Waals surface area contributed by atoms with E-state index in [1.807, 2.05) is 12.1 Å². The molecule has 1 aliphatic carbocycles. The molecule has 2 nitrogen and oxygen atoms in total. The van der Waals surface area contributed by atoms with Gasteiger partial charge in [-0.25, -0.2) is 4.98 Å². The molecule has 0 atom stereocenters. The summed E-state index contributed by atoms with van der Waals surface area (Å²) in [6, 6.07) is 3.88. The number of ether oxygens (including phenoxy) is 1. The molecule has 2 rings (SSSR count). The van der Waals surface area contributed by atoms with Crippen LogP contribution in [0.3, 0.4) is 0 Å². The van der Waals surface area contributed by atoms with Crippen LogP contribution in [0.4, 0.5) is 0 Å². The van der Waals surface area contributed by atoms with Crippen LogP contribution in [0.15, 0.2) is 22.8 Å². The molecule has 0 aliphatic heterocycles. The Morgan fingerprint density at radius 3 is 2.81 bits per heavy atom. The number of aromatic nitrogens is 1. The summed E-state index contributed by atoms with van der Waals surface area (Å²) in [6.07, 6.45) is 8.32. The van der Waals surface area contributed by atoms with Crippen LogP contribution in [0.2, 0.25) is 0 Å². The Morgan fingerprint density at radius 2 is 2.25 bits per heavy atom. The normalized spacial score (nSPS) is 17.1. The van der Waals surface area contributed by atoms with Crippen molar-refractivity contribution in [2.24, 2.45) is 5.41 Å². The van der Waals surface area contributed by atoms with E-state index in [0.29, 0.717) is 5.41 Å². The Balaban J connectivity index is 1.81. The molecule has 1 heterocycles. The monoisotopic (exact) mass is 283 g/mol. The number of halogens is 1. The van der Waals surface area contributed by atoms with Crippen molar-refractivity contribution in [3.8, 4) is 5.88 Å². The van der Waals surface area contributed by atoms with Gasteiger partial charge in [-0.15, -0.1) is 0 Å². The van der Waals surface area contributed by atoms with Gasteiger partial charge in [0, 0.05) is 22.2 Å². The number of nitrogens with zero attached hydrogens (tertiary/aromatic N) is 1. The Morgan fingerprint density at radius 1 is 1.44 bits per heavy atom. The van der Waals surface area contributed by atoms with Crippen molar-refractivity contribution in [1.82, 2.24) is 4.98 Å². The molecule has 3 heteroatoms. The first-order valence-corrected chi connectivity index (χ1v) is 6.78. The molecular weight excluding hydrogens is 266 g/mol. The minimum absolute atomic E-state index is 0.477. The molecule has 1 saturated carbocycles. The summed E-state index contributed by atoms with van der Waals surface area (Å²) in [5, 5.41) is 0. The molecule has 0 spiro atoms. The average molecular weight is 284 g/mol. The Kier molecular flexibility index (Phi) is 3.85. The van der Waals surface area contributed by atoms with Crippen LogP contribution >= 0.6 is 15.9 Å². The first-order valence-electron chi connectivity index (χ1n) is 5.98. The largest absolute Gasteiger partial charge is 0.477 e. The van der Waals surface area contributed by atoms with Gasteiger partial charge in [-0.3, -0.25) is 0 Å². The first-order chi connectivity index (χ1) is 7.74. The summed E-state index contributed by atoms with van der Waals surface area (Å²) in [5.41, 5.74) is 0.477. The predicted octanol–water partition coefficient (Wildman–Crippen LogP) is 4.19. The number of unbranched alkanes of at least 4 members (excludes halogenated alkanes) is 1. The van der Waals surface area contributed by atoms with E-state index in [1.54, 1.807) is 6.20 Å². The number of hydrogen-bond donors (Lipinski definition) is 0. The third kappa shape index (κ3) is 3.21. The molecule has 1 aromatic rings. The number of hydrogen-bond acceptors (Lipinski definition) is 2. The zero-order valence-electron chi connectivity index (χ0n) is 9.71. The Bertz CT molecular complexity index is 332. The van der Waals surface area contributed by atoms with Gasteiger partial charge in [0.2, 0.25) is 5.88 Å². The van der Waals surface area contributed by atoms with Crippen molar-refractivity contribution in [3.05, 3.63) is 22.8 Å². The van der Waals surface area contributed by atoms with Crippen molar-refractivity contribution in [2.45, 2.75) is 39.0 Å². The lowest BCUT2D eigenvalue weighted by atomic mass is 10.0. The van der Waals surface area contributed by atoms with Gasteiger partial charge in [0.05, 0.1) is 6.61 Å². The van der Waals surface area contributed by atoms with E-state index in [9.17, 15) is 0 Å². The molecule has 0 N–H and O–H groups in total. The molecule has 1 fully saturated rings. The Hall–Kier alpha value is -0.570. The topological polar surface area (TPSA) is 22.1 Å². The van der Waals surface area contributed by atoms with Crippen molar-refractivity contribution in [3.63, 3.8) is 0 Å². The van der Waals surface area contributed by atoms with E-state index in [1.165, 1.54) is 32.1 Å². The van der Waals surface area contributed by atoms with Gasteiger partial charge >= 0.3 is 0 Å². The average Bonchev–Trinajstić information content (AvgIpc) is 3.07. The van der Waals surface area contributed by atoms with Crippen LogP contribution in [-0.4, -0.2) is 11.6 Å². The van der Waals surface area contributed by atoms with Crippen molar-refractivity contribution in [2.75, 3.05) is 6.61 Å². The van der Waals surface area contributed by atoms with Gasteiger partial charge < -0.3 is 4.74 Å². The van der Waals surface area contributed by atoms with Crippen LogP contribution in [0.5, 0.6) is 5.88 Å². The fourth-order valence-electron chi connectivity index (χ4n) is 1.87. The highest BCUT2D eigenvalue weighted by atomic mass is 79.9. The van der Waals surface area contributed by atoms with Crippen LogP contribution in [0.1, 0.15) is 39.0 Å². The lowest BCUT2D eigenvalue weighted by molar-refractivity contribution is 0.214. The maximum atomic E-state index is 5.75. The van der Waals surface area contributed by atoms with Gasteiger partial charge in [-0.2, -0.15) is 0 Å². The van der Waals surface area contributed by atoms with E-state index in [-0.39, 0.29) is 0 Å². The molecule has 0 radical (unpaired) electrons. The summed E-state index contributed by atoms with van der Waals surface area (Å²) in [5.74, 6) is 0.742. The molecule has 0 saturated heterocycles. The van der Waals surface area contributed by atoms with Crippen LogP contribution in [0.25, 0.3) is 0 Å². The van der Waals surface area contributed by atoms with Crippen molar-refractivity contribution in [1.29, 1.82) is 0 Å². The van der Waals surface area contributed by atoms with Crippen molar-refractivity contribution >= 4 is 15.9 Å². The van der Waals surface area contributed by atoms with Gasteiger partial charge in [-0.05, 0) is 41.3 Å². The maximum absolute atomic E-state index is 5.75. The van der Waals surface area contributed by atoms with E-state index in [4.69, 9.17) is 4.74 Å². The maximum Gasteiger partial charge on any atom is 0.213 e. The SMILES string of the molecule is CCCCC1(COc2ccc(Br)cn2)CC1. The summed E-state index contributed by atoms with van der Waals surface area (Å²) in [7, 11) is 0. The lowest BCUT2D eigenvalue weighted by Gasteiger charge is -2.15. The Labute approximate surface area is 106 Å². The summed E-state index contributed by atoms with van der Waals surface area (Å²) in [4.78, 5) is 4.22. The highest BCUT2D eigenvalue weighted by molar-refractivity contribution is 9.10. The molecule has 1 aliphatic rings. The lowest BCUT2D eigenvalue weighted by Crippen LogP contribution is -2.13. The summed E-state index contributed by atoms with van der Waals surface area (Å²) >= 11 is 3.36. The van der Waals surface area contributed by atoms with E-state index in [2.05, 4.69) is 27.8 Å². The third-order valence-electron chi connectivity index (χ3n) is 3.24. The summed E-state index contributed by atoms with van der Waals surface area (Å²) < 4.78 is 6.75. The fourth-order valence-corrected chi connectivity index (χ4v) is 2.10. The molecule has 1 aromatic heterocycles. The van der Waals surface area contributed by atoms with Gasteiger partial charge in [-0.1, -0.05) is 19.8 Å². The highest BCUT2D eigenvalue weighted by Gasteiger charge is 2.42. The molecule has 88 valence electrons. The van der Waals surface area contributed by atoms with Crippen LogP contribution in [-0.2, 0) is 0 Å². The van der Waals surface area contributed by atoms with Crippen molar-refractivity contribution < 1.29 is 4.74 Å². The summed E-state index contributed by atoms with van der Waals surface area (Å²) in [6.45, 7) is 3.08. The number of pyridine rings is 1. The first kappa shape index (κ1) is 11.9. The zero-order chi connectivity index (χ0) is 11.4. The molecule has 0 amide bonds. The number of rotatable bonds is 6. The van der Waals surface area contributed by atoms with Gasteiger partial charge in [0.1, 0.15) is 0 Å². The predicted molar refractivity (Wildman–Crippen MR) is 68.6 cm³/mol. The second-order valence-corrected chi connectivity index (χ2v) is 5.62. The van der Waals surface area contributed by atoms with Crippen LogP contribution in [0, 0.1) is 5.41 Å². The quantitative estimate of drug-likeness (QED) is 0.781. The molecule has 0 unspecified atom stereocenters. The van der Waals surface area contributed by atoms with E-state index >= 15 is 0 Å². The smallest absolute Gasteiger partial charge is 0.213 e. The molecule has 0 aromatic carbocycles. The van der Waals surface area contributed by atoms with E-state index in [0.717, 1.165) is 17.0 Å². The highest BCUT2D eigenvalue weighted by Crippen LogP contribution is 2.49. The molecule has 16 heavy (non-hydrogen) atoms.